The highest BCUT2D eigenvalue weighted by atomic mass is 32.2. The highest BCUT2D eigenvalue weighted by Crippen LogP contribution is 2.28. The zero-order chi connectivity index (χ0) is 12.0. The summed E-state index contributed by atoms with van der Waals surface area (Å²) in [6.07, 6.45) is 0. The molecule has 17 heavy (non-hydrogen) atoms. The van der Waals surface area contributed by atoms with Gasteiger partial charge in [0.05, 0.1) is 5.52 Å². The van der Waals surface area contributed by atoms with Gasteiger partial charge in [-0.05, 0) is 6.07 Å². The van der Waals surface area contributed by atoms with Gasteiger partial charge in [0.25, 0.3) is 10.1 Å². The first kappa shape index (κ1) is 10.2. The van der Waals surface area contributed by atoms with Crippen molar-refractivity contribution in [1.29, 1.82) is 0 Å². The summed E-state index contributed by atoms with van der Waals surface area (Å²) in [7, 11) is -4.28. The SMILES string of the molecule is O=S(=O)(O)c1cc2nn[nH]c2c2ccccc12. The van der Waals surface area contributed by atoms with Crippen molar-refractivity contribution >= 4 is 31.9 Å². The van der Waals surface area contributed by atoms with Crippen molar-refractivity contribution in [3.8, 4) is 0 Å². The Balaban J connectivity index is 2.64. The molecular weight excluding hydrogens is 242 g/mol. The van der Waals surface area contributed by atoms with Crippen molar-refractivity contribution in [2.45, 2.75) is 4.90 Å². The van der Waals surface area contributed by atoms with Crippen LogP contribution < -0.4 is 0 Å². The lowest BCUT2D eigenvalue weighted by molar-refractivity contribution is 0.484. The van der Waals surface area contributed by atoms with Crippen LogP contribution in [0, 0.1) is 0 Å². The number of nitrogens with zero attached hydrogens (tertiary/aromatic N) is 2. The maximum atomic E-state index is 11.3. The van der Waals surface area contributed by atoms with E-state index in [2.05, 4.69) is 15.4 Å². The van der Waals surface area contributed by atoms with E-state index in [0.717, 1.165) is 0 Å². The second kappa shape index (κ2) is 3.25. The van der Waals surface area contributed by atoms with Gasteiger partial charge in [-0.15, -0.1) is 5.10 Å². The number of H-pyrrole nitrogens is 1. The largest absolute Gasteiger partial charge is 0.295 e. The monoisotopic (exact) mass is 249 g/mol. The van der Waals surface area contributed by atoms with Crippen molar-refractivity contribution < 1.29 is 13.0 Å². The topological polar surface area (TPSA) is 95.9 Å². The molecule has 86 valence electrons. The van der Waals surface area contributed by atoms with E-state index in [0.29, 0.717) is 21.8 Å². The van der Waals surface area contributed by atoms with Gasteiger partial charge in [-0.1, -0.05) is 29.5 Å². The van der Waals surface area contributed by atoms with E-state index in [1.807, 2.05) is 0 Å². The van der Waals surface area contributed by atoms with Crippen LogP contribution >= 0.6 is 0 Å². The van der Waals surface area contributed by atoms with Crippen LogP contribution in [0.5, 0.6) is 0 Å². The van der Waals surface area contributed by atoms with Gasteiger partial charge in [-0.25, -0.2) is 0 Å². The third-order valence-corrected chi connectivity index (χ3v) is 3.48. The average Bonchev–Trinajstić information content (AvgIpc) is 2.74. The Kier molecular flexibility index (Phi) is 1.95. The lowest BCUT2D eigenvalue weighted by atomic mass is 10.1. The summed E-state index contributed by atoms with van der Waals surface area (Å²) in [5.41, 5.74) is 1.05. The van der Waals surface area contributed by atoms with E-state index in [9.17, 15) is 13.0 Å². The fraction of sp³-hybridized carbons (Fsp3) is 0. The molecule has 0 amide bonds. The Morgan fingerprint density at radius 3 is 2.59 bits per heavy atom. The molecule has 7 heteroatoms. The first-order chi connectivity index (χ1) is 8.07. The summed E-state index contributed by atoms with van der Waals surface area (Å²) in [5.74, 6) is 0. The molecule has 3 aromatic rings. The third-order valence-electron chi connectivity index (χ3n) is 2.58. The summed E-state index contributed by atoms with van der Waals surface area (Å²) in [6.45, 7) is 0. The number of hydrogen-bond donors (Lipinski definition) is 2. The number of fused-ring (bicyclic) bond motifs is 3. The molecule has 0 unspecified atom stereocenters. The predicted octanol–water partition coefficient (Wildman–Crippen LogP) is 1.36. The molecule has 0 fully saturated rings. The van der Waals surface area contributed by atoms with Gasteiger partial charge >= 0.3 is 0 Å². The van der Waals surface area contributed by atoms with Gasteiger partial charge in [0, 0.05) is 10.8 Å². The quantitative estimate of drug-likeness (QED) is 0.635. The van der Waals surface area contributed by atoms with Crippen LogP contribution in [0.4, 0.5) is 0 Å². The van der Waals surface area contributed by atoms with Crippen molar-refractivity contribution in [3.05, 3.63) is 30.3 Å². The van der Waals surface area contributed by atoms with E-state index >= 15 is 0 Å². The van der Waals surface area contributed by atoms with E-state index in [4.69, 9.17) is 0 Å². The molecule has 0 aliphatic carbocycles. The lowest BCUT2D eigenvalue weighted by Gasteiger charge is -2.03. The Bertz CT molecular complexity index is 823. The van der Waals surface area contributed by atoms with Crippen LogP contribution in [0.1, 0.15) is 0 Å². The molecule has 1 aromatic heterocycles. The van der Waals surface area contributed by atoms with E-state index in [-0.39, 0.29) is 4.90 Å². The molecule has 1 heterocycles. The van der Waals surface area contributed by atoms with E-state index < -0.39 is 10.1 Å². The maximum Gasteiger partial charge on any atom is 0.295 e. The Morgan fingerprint density at radius 2 is 1.88 bits per heavy atom. The fourth-order valence-electron chi connectivity index (χ4n) is 1.87. The molecule has 0 radical (unpaired) electrons. The second-order valence-corrected chi connectivity index (χ2v) is 4.99. The smallest absolute Gasteiger partial charge is 0.282 e. The normalized spacial score (nSPS) is 12.3. The Hall–Kier alpha value is -1.99. The molecule has 6 nitrogen and oxygen atoms in total. The van der Waals surface area contributed by atoms with Gasteiger partial charge in [-0.3, -0.25) is 9.65 Å². The molecule has 0 spiro atoms. The number of hydrogen-bond acceptors (Lipinski definition) is 4. The standard InChI is InChI=1S/C10H7N3O3S/c14-17(15,16)9-5-8-10(12-13-11-8)7-4-2-1-3-6(7)9/h1-5H,(H,11,12,13)(H,14,15,16). The number of aromatic amines is 1. The Labute approximate surface area is 96.0 Å². The van der Waals surface area contributed by atoms with Crippen molar-refractivity contribution in [2.75, 3.05) is 0 Å². The summed E-state index contributed by atoms with van der Waals surface area (Å²) in [4.78, 5) is -0.158. The number of nitrogens with one attached hydrogen (secondary N) is 1. The minimum Gasteiger partial charge on any atom is -0.282 e. The Morgan fingerprint density at radius 1 is 1.18 bits per heavy atom. The predicted molar refractivity (Wildman–Crippen MR) is 61.2 cm³/mol. The van der Waals surface area contributed by atoms with Crippen LogP contribution in [0.25, 0.3) is 21.8 Å². The van der Waals surface area contributed by atoms with Crippen molar-refractivity contribution in [1.82, 2.24) is 15.4 Å². The zero-order valence-electron chi connectivity index (χ0n) is 8.45. The molecule has 0 bridgehead atoms. The van der Waals surface area contributed by atoms with Gasteiger partial charge in [0.2, 0.25) is 0 Å². The minimum absolute atomic E-state index is 0.158. The molecule has 0 aliphatic heterocycles. The second-order valence-electron chi connectivity index (χ2n) is 3.60. The third kappa shape index (κ3) is 1.48. The van der Waals surface area contributed by atoms with Gasteiger partial charge < -0.3 is 0 Å². The maximum absolute atomic E-state index is 11.3. The highest BCUT2D eigenvalue weighted by Gasteiger charge is 2.17. The van der Waals surface area contributed by atoms with Crippen LogP contribution in [0.3, 0.4) is 0 Å². The molecule has 0 saturated heterocycles. The van der Waals surface area contributed by atoms with Gasteiger partial charge in [0.15, 0.2) is 0 Å². The summed E-state index contributed by atoms with van der Waals surface area (Å²) >= 11 is 0. The molecule has 2 aromatic carbocycles. The van der Waals surface area contributed by atoms with Crippen molar-refractivity contribution in [3.63, 3.8) is 0 Å². The van der Waals surface area contributed by atoms with Crippen LogP contribution in [0.15, 0.2) is 35.2 Å². The van der Waals surface area contributed by atoms with Gasteiger partial charge in [-0.2, -0.15) is 8.42 Å². The zero-order valence-corrected chi connectivity index (χ0v) is 9.27. The minimum atomic E-state index is -4.28. The molecule has 2 N–H and O–H groups in total. The first-order valence-electron chi connectivity index (χ1n) is 4.77. The first-order valence-corrected chi connectivity index (χ1v) is 6.21. The average molecular weight is 249 g/mol. The summed E-state index contributed by atoms with van der Waals surface area (Å²) < 4.78 is 31.8. The number of aromatic nitrogens is 3. The van der Waals surface area contributed by atoms with Gasteiger partial charge in [0.1, 0.15) is 10.4 Å². The van der Waals surface area contributed by atoms with Crippen LogP contribution in [0.2, 0.25) is 0 Å². The van der Waals surface area contributed by atoms with Crippen LogP contribution in [-0.2, 0) is 10.1 Å². The summed E-state index contributed by atoms with van der Waals surface area (Å²) in [5, 5.41) is 11.2. The number of rotatable bonds is 1. The molecule has 3 rings (SSSR count). The fourth-order valence-corrected chi connectivity index (χ4v) is 2.58. The molecule has 0 saturated carbocycles. The van der Waals surface area contributed by atoms with Crippen LogP contribution in [-0.4, -0.2) is 28.4 Å². The molecule has 0 aliphatic rings. The highest BCUT2D eigenvalue weighted by molar-refractivity contribution is 7.86. The summed E-state index contributed by atoms with van der Waals surface area (Å²) in [6, 6.07) is 8.14. The van der Waals surface area contributed by atoms with Crippen molar-refractivity contribution in [2.24, 2.45) is 0 Å². The lowest BCUT2D eigenvalue weighted by Crippen LogP contribution is -1.99. The number of benzene rings is 2. The van der Waals surface area contributed by atoms with E-state index in [1.54, 1.807) is 24.3 Å². The molecular formula is C10H7N3O3S. The molecule has 0 atom stereocenters. The van der Waals surface area contributed by atoms with E-state index in [1.165, 1.54) is 6.07 Å².